The number of imidazole rings is 1. The van der Waals surface area contributed by atoms with Gasteiger partial charge in [0.25, 0.3) is 0 Å². The van der Waals surface area contributed by atoms with Crippen LogP contribution in [-0.2, 0) is 0 Å². The van der Waals surface area contributed by atoms with Crippen molar-refractivity contribution in [3.63, 3.8) is 0 Å². The summed E-state index contributed by atoms with van der Waals surface area (Å²) in [6.45, 7) is 2.09. The molecule has 2 heterocycles. The number of fused-ring (bicyclic) bond motifs is 1. The van der Waals surface area contributed by atoms with E-state index in [4.69, 9.17) is 0 Å². The zero-order valence-corrected chi connectivity index (χ0v) is 11.0. The number of nitrogens with zero attached hydrogens (tertiary/aromatic N) is 2. The molecule has 0 saturated carbocycles. The van der Waals surface area contributed by atoms with Crippen LogP contribution in [0.4, 0.5) is 0 Å². The Labute approximate surface area is 108 Å². The summed E-state index contributed by atoms with van der Waals surface area (Å²) in [7, 11) is 0. The van der Waals surface area contributed by atoms with Crippen molar-refractivity contribution < 1.29 is 0 Å². The van der Waals surface area contributed by atoms with Gasteiger partial charge in [0, 0.05) is 16.2 Å². The van der Waals surface area contributed by atoms with E-state index in [9.17, 15) is 0 Å². The van der Waals surface area contributed by atoms with E-state index < -0.39 is 0 Å². The van der Waals surface area contributed by atoms with Crippen LogP contribution in [0.25, 0.3) is 16.9 Å². The van der Waals surface area contributed by atoms with Crippen LogP contribution in [0.5, 0.6) is 0 Å². The summed E-state index contributed by atoms with van der Waals surface area (Å²) < 4.78 is 3.19. The fourth-order valence-corrected chi connectivity index (χ4v) is 2.19. The van der Waals surface area contributed by atoms with Crippen LogP contribution in [0.1, 0.15) is 5.56 Å². The first-order chi connectivity index (χ1) is 8.24. The molecule has 0 bridgehead atoms. The van der Waals surface area contributed by atoms with Crippen LogP contribution in [-0.4, -0.2) is 9.38 Å². The highest BCUT2D eigenvalue weighted by Gasteiger charge is 2.05. The van der Waals surface area contributed by atoms with Crippen molar-refractivity contribution in [1.29, 1.82) is 0 Å². The van der Waals surface area contributed by atoms with Gasteiger partial charge in [-0.1, -0.05) is 28.1 Å². The Morgan fingerprint density at radius 3 is 2.65 bits per heavy atom. The molecular formula is C14H11BrN2. The summed E-state index contributed by atoms with van der Waals surface area (Å²) in [5, 5.41) is 0. The summed E-state index contributed by atoms with van der Waals surface area (Å²) in [5.74, 6) is 0.979. The molecule has 1 aromatic carbocycles. The summed E-state index contributed by atoms with van der Waals surface area (Å²) in [5.41, 5.74) is 3.50. The minimum absolute atomic E-state index is 0.979. The fourth-order valence-electron chi connectivity index (χ4n) is 1.92. The quantitative estimate of drug-likeness (QED) is 0.659. The van der Waals surface area contributed by atoms with Crippen LogP contribution in [0, 0.1) is 6.92 Å². The summed E-state index contributed by atoms with van der Waals surface area (Å²) in [6, 6.07) is 12.4. The number of aryl methyl sites for hydroxylation is 1. The van der Waals surface area contributed by atoms with E-state index in [-0.39, 0.29) is 0 Å². The molecule has 0 amide bonds. The third-order valence-corrected chi connectivity index (χ3v) is 3.32. The number of hydrogen-bond donors (Lipinski definition) is 0. The van der Waals surface area contributed by atoms with E-state index >= 15 is 0 Å². The van der Waals surface area contributed by atoms with Crippen molar-refractivity contribution in [2.45, 2.75) is 6.92 Å². The molecule has 0 spiro atoms. The van der Waals surface area contributed by atoms with E-state index in [1.165, 1.54) is 5.56 Å². The molecule has 3 rings (SSSR count). The lowest BCUT2D eigenvalue weighted by molar-refractivity contribution is 1.15. The molecule has 0 N–H and O–H groups in total. The first-order valence-electron chi connectivity index (χ1n) is 5.44. The molecule has 0 aliphatic heterocycles. The first-order valence-corrected chi connectivity index (χ1v) is 6.23. The van der Waals surface area contributed by atoms with Gasteiger partial charge in [-0.25, -0.2) is 4.98 Å². The Hall–Kier alpha value is -1.61. The molecule has 0 aliphatic rings. The van der Waals surface area contributed by atoms with Crippen molar-refractivity contribution >= 4 is 21.4 Å². The maximum atomic E-state index is 4.48. The topological polar surface area (TPSA) is 17.3 Å². The highest BCUT2D eigenvalue weighted by molar-refractivity contribution is 9.10. The predicted molar refractivity (Wildman–Crippen MR) is 73.1 cm³/mol. The van der Waals surface area contributed by atoms with Gasteiger partial charge in [0.1, 0.15) is 5.82 Å². The zero-order valence-electron chi connectivity index (χ0n) is 9.39. The number of aromatic nitrogens is 2. The average molecular weight is 287 g/mol. The van der Waals surface area contributed by atoms with Gasteiger partial charge in [0.05, 0.1) is 11.7 Å². The molecule has 0 fully saturated rings. The minimum Gasteiger partial charge on any atom is -0.300 e. The molecule has 0 radical (unpaired) electrons. The Morgan fingerprint density at radius 2 is 1.88 bits per heavy atom. The van der Waals surface area contributed by atoms with Crippen molar-refractivity contribution in [3.05, 3.63) is 58.8 Å². The van der Waals surface area contributed by atoms with E-state index in [1.54, 1.807) is 0 Å². The van der Waals surface area contributed by atoms with Crippen LogP contribution in [0.15, 0.2) is 53.3 Å². The number of pyridine rings is 1. The Kier molecular flexibility index (Phi) is 2.48. The largest absolute Gasteiger partial charge is 0.300 e. The lowest BCUT2D eigenvalue weighted by Crippen LogP contribution is -1.89. The molecule has 17 heavy (non-hydrogen) atoms. The van der Waals surface area contributed by atoms with Gasteiger partial charge in [0.15, 0.2) is 0 Å². The molecule has 3 aromatic rings. The smallest absolute Gasteiger partial charge is 0.144 e. The number of rotatable bonds is 1. The Bertz CT molecular complexity index is 668. The van der Waals surface area contributed by atoms with Gasteiger partial charge >= 0.3 is 0 Å². The van der Waals surface area contributed by atoms with Gasteiger partial charge in [-0.2, -0.15) is 0 Å². The monoisotopic (exact) mass is 286 g/mol. The summed E-state index contributed by atoms with van der Waals surface area (Å²) in [4.78, 5) is 4.48. The second-order valence-electron chi connectivity index (χ2n) is 4.09. The van der Waals surface area contributed by atoms with Gasteiger partial charge in [-0.3, -0.25) is 4.40 Å². The van der Waals surface area contributed by atoms with Gasteiger partial charge < -0.3 is 0 Å². The van der Waals surface area contributed by atoms with E-state index in [0.29, 0.717) is 0 Å². The van der Waals surface area contributed by atoms with Crippen LogP contribution >= 0.6 is 15.9 Å². The molecular weight excluding hydrogens is 276 g/mol. The first kappa shape index (κ1) is 10.5. The predicted octanol–water partition coefficient (Wildman–Crippen LogP) is 4.07. The van der Waals surface area contributed by atoms with Crippen molar-refractivity contribution in [1.82, 2.24) is 9.38 Å². The standard InChI is InChI=1S/C14H11BrN2/c1-10-6-7-17-13(8-10)9-16-14(17)11-2-4-12(15)5-3-11/h2-9H,1H3. The van der Waals surface area contributed by atoms with Gasteiger partial charge in [-0.05, 0) is 36.8 Å². The highest BCUT2D eigenvalue weighted by Crippen LogP contribution is 2.22. The molecule has 3 heteroatoms. The van der Waals surface area contributed by atoms with Crippen LogP contribution < -0.4 is 0 Å². The maximum absolute atomic E-state index is 4.48. The zero-order chi connectivity index (χ0) is 11.8. The molecule has 0 unspecified atom stereocenters. The third kappa shape index (κ3) is 1.87. The second-order valence-corrected chi connectivity index (χ2v) is 5.00. The molecule has 84 valence electrons. The fraction of sp³-hybridized carbons (Fsp3) is 0.0714. The Balaban J connectivity index is 2.21. The number of hydrogen-bond acceptors (Lipinski definition) is 1. The van der Waals surface area contributed by atoms with Crippen LogP contribution in [0.2, 0.25) is 0 Å². The normalized spacial score (nSPS) is 10.9. The molecule has 0 aliphatic carbocycles. The lowest BCUT2D eigenvalue weighted by Gasteiger charge is -2.02. The van der Waals surface area contributed by atoms with Gasteiger partial charge in [-0.15, -0.1) is 0 Å². The second kappa shape index (κ2) is 4.00. The minimum atomic E-state index is 0.979. The maximum Gasteiger partial charge on any atom is 0.144 e. The molecule has 2 nitrogen and oxygen atoms in total. The Morgan fingerprint density at radius 1 is 1.12 bits per heavy atom. The van der Waals surface area contributed by atoms with Crippen molar-refractivity contribution in [2.24, 2.45) is 0 Å². The number of benzene rings is 1. The van der Waals surface area contributed by atoms with Gasteiger partial charge in [0.2, 0.25) is 0 Å². The SMILES string of the molecule is Cc1ccn2c(-c3ccc(Br)cc3)ncc2c1. The summed E-state index contributed by atoms with van der Waals surface area (Å²) >= 11 is 3.44. The van der Waals surface area contributed by atoms with Crippen molar-refractivity contribution in [2.75, 3.05) is 0 Å². The molecule has 0 saturated heterocycles. The number of halogens is 1. The average Bonchev–Trinajstić information content (AvgIpc) is 2.73. The highest BCUT2D eigenvalue weighted by atomic mass is 79.9. The molecule has 2 aromatic heterocycles. The third-order valence-electron chi connectivity index (χ3n) is 2.79. The summed E-state index contributed by atoms with van der Waals surface area (Å²) in [6.07, 6.45) is 3.97. The van der Waals surface area contributed by atoms with Crippen molar-refractivity contribution in [3.8, 4) is 11.4 Å². The molecule has 0 atom stereocenters. The van der Waals surface area contributed by atoms with E-state index in [1.807, 2.05) is 18.3 Å². The lowest BCUT2D eigenvalue weighted by atomic mass is 10.2. The van der Waals surface area contributed by atoms with Crippen LogP contribution in [0.3, 0.4) is 0 Å². The van der Waals surface area contributed by atoms with E-state index in [0.717, 1.165) is 21.4 Å². The van der Waals surface area contributed by atoms with E-state index in [2.05, 4.69) is 62.7 Å².